The van der Waals surface area contributed by atoms with Gasteiger partial charge in [-0.2, -0.15) is 0 Å². The van der Waals surface area contributed by atoms with Crippen LogP contribution in [0.5, 0.6) is 0 Å². The molecule has 0 saturated heterocycles. The molecule has 1 heterocycles. The van der Waals surface area contributed by atoms with Crippen molar-refractivity contribution in [3.8, 4) is 0 Å². The van der Waals surface area contributed by atoms with Gasteiger partial charge in [0.15, 0.2) is 0 Å². The minimum Gasteiger partial charge on any atom is -0.391 e. The van der Waals surface area contributed by atoms with Gasteiger partial charge in [0.05, 0.1) is 16.2 Å². The van der Waals surface area contributed by atoms with Crippen molar-refractivity contribution < 1.29 is 4.79 Å². The van der Waals surface area contributed by atoms with E-state index in [2.05, 4.69) is 14.9 Å². The van der Waals surface area contributed by atoms with E-state index in [0.717, 1.165) is 11.5 Å². The number of nitrogens with one attached hydrogen (secondary N) is 1. The van der Waals surface area contributed by atoms with Crippen molar-refractivity contribution in [2.45, 2.75) is 26.3 Å². The monoisotopic (exact) mass is 244 g/mol. The van der Waals surface area contributed by atoms with Crippen LogP contribution in [-0.4, -0.2) is 26.0 Å². The molecule has 0 saturated carbocycles. The van der Waals surface area contributed by atoms with E-state index in [1.165, 1.54) is 0 Å². The molecule has 1 aromatic rings. The zero-order valence-corrected chi connectivity index (χ0v) is 10.3. The van der Waals surface area contributed by atoms with E-state index < -0.39 is 5.54 Å². The predicted octanol–water partition coefficient (Wildman–Crippen LogP) is 0.641. The fraction of sp³-hybridized carbons (Fsp3) is 0.500. The summed E-state index contributed by atoms with van der Waals surface area (Å²) in [5, 5.41) is 6.48. The average molecular weight is 244 g/mol. The molecule has 3 N–H and O–H groups in total. The number of carbonyl (C=O) groups excluding carboxylic acids is 1. The molecule has 1 aromatic heterocycles. The van der Waals surface area contributed by atoms with E-state index in [1.807, 2.05) is 0 Å². The highest BCUT2D eigenvalue weighted by Gasteiger charge is 2.25. The topological polar surface area (TPSA) is 80.9 Å². The molecular formula is C8H12N4OS2. The smallest absolute Gasteiger partial charge is 0.265 e. The third kappa shape index (κ3) is 2.69. The molecule has 0 aromatic carbocycles. The van der Waals surface area contributed by atoms with E-state index in [-0.39, 0.29) is 10.9 Å². The second-order valence-electron chi connectivity index (χ2n) is 3.63. The zero-order chi connectivity index (χ0) is 11.6. The third-order valence-electron chi connectivity index (χ3n) is 1.90. The highest BCUT2D eigenvalue weighted by Crippen LogP contribution is 2.11. The highest BCUT2D eigenvalue weighted by atomic mass is 32.1. The van der Waals surface area contributed by atoms with Crippen LogP contribution in [-0.2, 0) is 0 Å². The molecule has 7 heteroatoms. The molecule has 0 bridgehead atoms. The normalized spacial score (nSPS) is 11.1. The Kier molecular flexibility index (Phi) is 3.35. The largest absolute Gasteiger partial charge is 0.391 e. The van der Waals surface area contributed by atoms with Crippen LogP contribution in [0.15, 0.2) is 0 Å². The van der Waals surface area contributed by atoms with E-state index in [0.29, 0.717) is 10.6 Å². The predicted molar refractivity (Wildman–Crippen MR) is 63.0 cm³/mol. The Balaban J connectivity index is 2.81. The van der Waals surface area contributed by atoms with Gasteiger partial charge in [-0.05, 0) is 32.3 Å². The molecule has 1 rings (SSSR count). The molecule has 0 unspecified atom stereocenters. The Morgan fingerprint density at radius 1 is 1.60 bits per heavy atom. The molecule has 0 aliphatic carbocycles. The number of amides is 1. The van der Waals surface area contributed by atoms with Crippen LogP contribution >= 0.6 is 23.8 Å². The highest BCUT2D eigenvalue weighted by molar-refractivity contribution is 7.80. The van der Waals surface area contributed by atoms with Crippen molar-refractivity contribution in [3.05, 3.63) is 10.6 Å². The van der Waals surface area contributed by atoms with E-state index in [9.17, 15) is 4.79 Å². The second-order valence-corrected chi connectivity index (χ2v) is 4.82. The van der Waals surface area contributed by atoms with Crippen LogP contribution in [0.1, 0.15) is 29.2 Å². The Hall–Kier alpha value is -1.08. The third-order valence-corrected chi connectivity index (χ3v) is 3.24. The zero-order valence-electron chi connectivity index (χ0n) is 8.70. The number of nitrogens with two attached hydrogens (primary N) is 1. The van der Waals surface area contributed by atoms with Crippen LogP contribution in [0, 0.1) is 6.92 Å². The van der Waals surface area contributed by atoms with Crippen molar-refractivity contribution >= 4 is 34.6 Å². The van der Waals surface area contributed by atoms with Crippen LogP contribution in [0.25, 0.3) is 0 Å². The van der Waals surface area contributed by atoms with Gasteiger partial charge in [0.25, 0.3) is 5.91 Å². The van der Waals surface area contributed by atoms with Crippen LogP contribution in [0.3, 0.4) is 0 Å². The van der Waals surface area contributed by atoms with Crippen LogP contribution in [0.2, 0.25) is 0 Å². The Labute approximate surface area is 97.2 Å². The van der Waals surface area contributed by atoms with Gasteiger partial charge in [0, 0.05) is 0 Å². The lowest BCUT2D eigenvalue weighted by atomic mass is 10.1. The number of thiocarbonyl (C=S) groups is 1. The maximum absolute atomic E-state index is 11.8. The summed E-state index contributed by atoms with van der Waals surface area (Å²) in [6, 6.07) is 0. The number of rotatable bonds is 3. The Bertz CT molecular complexity index is 399. The minimum atomic E-state index is -0.706. The van der Waals surface area contributed by atoms with Gasteiger partial charge in [0.2, 0.25) is 0 Å². The summed E-state index contributed by atoms with van der Waals surface area (Å²) >= 11 is 5.90. The second kappa shape index (κ2) is 4.19. The summed E-state index contributed by atoms with van der Waals surface area (Å²) in [6.45, 7) is 5.22. The maximum Gasteiger partial charge on any atom is 0.265 e. The van der Waals surface area contributed by atoms with E-state index in [4.69, 9.17) is 18.0 Å². The summed E-state index contributed by atoms with van der Waals surface area (Å²) in [4.78, 5) is 12.5. The Morgan fingerprint density at radius 2 is 2.20 bits per heavy atom. The molecule has 0 fully saturated rings. The lowest BCUT2D eigenvalue weighted by Gasteiger charge is -2.24. The summed E-state index contributed by atoms with van der Waals surface area (Å²) < 4.78 is 3.68. The van der Waals surface area contributed by atoms with Gasteiger partial charge in [-0.1, -0.05) is 16.7 Å². The lowest BCUT2D eigenvalue weighted by Crippen LogP contribution is -2.52. The molecular weight excluding hydrogens is 232 g/mol. The summed E-state index contributed by atoms with van der Waals surface area (Å²) in [7, 11) is 0. The summed E-state index contributed by atoms with van der Waals surface area (Å²) in [6.07, 6.45) is 0. The number of hydrogen-bond acceptors (Lipinski definition) is 5. The van der Waals surface area contributed by atoms with Crippen molar-refractivity contribution in [1.29, 1.82) is 0 Å². The number of carbonyl (C=O) groups is 1. The first-order chi connectivity index (χ1) is 6.84. The molecule has 82 valence electrons. The first-order valence-electron chi connectivity index (χ1n) is 4.26. The fourth-order valence-corrected chi connectivity index (χ4v) is 1.44. The maximum atomic E-state index is 11.8. The molecule has 0 spiro atoms. The standard InChI is InChI=1S/C8H12N4OS2/c1-4-5(15-12-11-4)6(13)10-8(2,3)7(9)14/h1-3H3,(H2,9,14)(H,10,13). The number of aryl methyl sites for hydroxylation is 1. The fourth-order valence-electron chi connectivity index (χ4n) is 0.842. The molecule has 15 heavy (non-hydrogen) atoms. The number of aromatic nitrogens is 2. The Morgan fingerprint density at radius 3 is 2.60 bits per heavy atom. The SMILES string of the molecule is Cc1nnsc1C(=O)NC(C)(C)C(N)=S. The van der Waals surface area contributed by atoms with Gasteiger partial charge >= 0.3 is 0 Å². The van der Waals surface area contributed by atoms with Crippen molar-refractivity contribution in [2.24, 2.45) is 5.73 Å². The first kappa shape index (κ1) is 12.0. The van der Waals surface area contributed by atoms with Crippen LogP contribution < -0.4 is 11.1 Å². The van der Waals surface area contributed by atoms with Crippen molar-refractivity contribution in [3.63, 3.8) is 0 Å². The van der Waals surface area contributed by atoms with Gasteiger partial charge in [0.1, 0.15) is 4.88 Å². The van der Waals surface area contributed by atoms with Crippen molar-refractivity contribution in [1.82, 2.24) is 14.9 Å². The van der Waals surface area contributed by atoms with Crippen molar-refractivity contribution in [2.75, 3.05) is 0 Å². The lowest BCUT2D eigenvalue weighted by molar-refractivity contribution is 0.0935. The van der Waals surface area contributed by atoms with E-state index >= 15 is 0 Å². The molecule has 0 atom stereocenters. The number of hydrogen-bond donors (Lipinski definition) is 2. The van der Waals surface area contributed by atoms with Gasteiger partial charge in [-0.15, -0.1) is 5.10 Å². The van der Waals surface area contributed by atoms with E-state index in [1.54, 1.807) is 20.8 Å². The first-order valence-corrected chi connectivity index (χ1v) is 5.44. The van der Waals surface area contributed by atoms with Crippen LogP contribution in [0.4, 0.5) is 0 Å². The molecule has 1 amide bonds. The number of nitrogens with zero attached hydrogens (tertiary/aromatic N) is 2. The average Bonchev–Trinajstić information content (AvgIpc) is 2.50. The van der Waals surface area contributed by atoms with Gasteiger partial charge in [-0.3, -0.25) is 4.79 Å². The minimum absolute atomic E-state index is 0.242. The summed E-state index contributed by atoms with van der Waals surface area (Å²) in [5.41, 5.74) is 5.40. The molecule has 0 aliphatic heterocycles. The molecule has 0 aliphatic rings. The molecule has 0 radical (unpaired) electrons. The molecule has 5 nitrogen and oxygen atoms in total. The quantitative estimate of drug-likeness (QED) is 0.763. The van der Waals surface area contributed by atoms with Gasteiger partial charge in [-0.25, -0.2) is 0 Å². The summed E-state index contributed by atoms with van der Waals surface area (Å²) in [5.74, 6) is -0.250. The van der Waals surface area contributed by atoms with Gasteiger partial charge < -0.3 is 11.1 Å².